The van der Waals surface area contributed by atoms with Crippen LogP contribution in [0.4, 0.5) is 0 Å². The number of rotatable bonds is 6. The largest absolute Gasteiger partial charge is 0.409 e. The van der Waals surface area contributed by atoms with Crippen LogP contribution in [-0.2, 0) is 21.2 Å². The van der Waals surface area contributed by atoms with E-state index < -0.39 is 8.32 Å². The zero-order valence-corrected chi connectivity index (χ0v) is 20.6. The SMILES string of the molecule is CC(=CCc1ccccc1C(C)(C)O[Si](C)(C)C)[C@@H]1CC[C@@H]2C(=O)CCC[C@@]21C. The Bertz CT molecular complexity index is 786. The number of ketones is 1. The summed E-state index contributed by atoms with van der Waals surface area (Å²) < 4.78 is 6.54. The van der Waals surface area contributed by atoms with Crippen LogP contribution in [-0.4, -0.2) is 14.1 Å². The van der Waals surface area contributed by atoms with Gasteiger partial charge in [0, 0.05) is 12.3 Å². The van der Waals surface area contributed by atoms with Crippen molar-refractivity contribution in [2.75, 3.05) is 0 Å². The van der Waals surface area contributed by atoms with E-state index in [1.165, 1.54) is 29.5 Å². The fourth-order valence-corrected chi connectivity index (χ4v) is 7.84. The molecule has 0 heterocycles. The lowest BCUT2D eigenvalue weighted by atomic mass is 9.63. The van der Waals surface area contributed by atoms with Crippen LogP contribution in [0, 0.1) is 17.3 Å². The number of carbonyl (C=O) groups is 1. The molecule has 0 unspecified atom stereocenters. The lowest BCUT2D eigenvalue weighted by Gasteiger charge is -2.40. The van der Waals surface area contributed by atoms with Crippen molar-refractivity contribution in [3.8, 4) is 0 Å². The molecule has 3 atom stereocenters. The summed E-state index contributed by atoms with van der Waals surface area (Å²) in [5.74, 6) is 1.36. The van der Waals surface area contributed by atoms with Gasteiger partial charge in [-0.25, -0.2) is 0 Å². The van der Waals surface area contributed by atoms with Crippen molar-refractivity contribution in [2.24, 2.45) is 17.3 Å². The van der Waals surface area contributed by atoms with Crippen LogP contribution in [0.3, 0.4) is 0 Å². The normalized spacial score (nSPS) is 28.5. The Kier molecular flexibility index (Phi) is 6.32. The molecule has 29 heavy (non-hydrogen) atoms. The van der Waals surface area contributed by atoms with E-state index in [9.17, 15) is 4.79 Å². The number of hydrogen-bond donors (Lipinski definition) is 0. The van der Waals surface area contributed by atoms with Crippen molar-refractivity contribution >= 4 is 14.1 Å². The molecule has 2 aliphatic carbocycles. The molecule has 0 spiro atoms. The number of benzene rings is 1. The summed E-state index contributed by atoms with van der Waals surface area (Å²) in [5.41, 5.74) is 4.03. The highest BCUT2D eigenvalue weighted by Crippen LogP contribution is 2.56. The number of fused-ring (bicyclic) bond motifs is 1. The van der Waals surface area contributed by atoms with E-state index in [2.05, 4.69) is 77.7 Å². The van der Waals surface area contributed by atoms with Gasteiger partial charge in [0.05, 0.1) is 5.60 Å². The number of carbonyl (C=O) groups excluding carboxylic acids is 1. The van der Waals surface area contributed by atoms with Crippen LogP contribution in [0.15, 0.2) is 35.9 Å². The molecule has 2 aliphatic rings. The number of Topliss-reactive ketones (excluding diaryl/α,β-unsaturated/α-hetero) is 1. The monoisotopic (exact) mass is 412 g/mol. The van der Waals surface area contributed by atoms with Crippen molar-refractivity contribution in [1.29, 1.82) is 0 Å². The first-order chi connectivity index (χ1) is 13.4. The standard InChI is InChI=1S/C26H40O2Si/c1-19(21-16-17-23-24(27)13-10-18-26(21,23)4)14-15-20-11-8-9-12-22(20)25(2,3)28-29(5,6)7/h8-9,11-12,14,21,23H,10,13,15-18H2,1-7H3/t21-,23+,26+/m0/s1. The molecule has 0 saturated heterocycles. The van der Waals surface area contributed by atoms with Crippen molar-refractivity contribution < 1.29 is 9.22 Å². The summed E-state index contributed by atoms with van der Waals surface area (Å²) in [6.45, 7) is 15.8. The van der Waals surface area contributed by atoms with Crippen molar-refractivity contribution in [3.05, 3.63) is 47.0 Å². The molecule has 2 nitrogen and oxygen atoms in total. The first kappa shape index (κ1) is 22.5. The first-order valence-corrected chi connectivity index (χ1v) is 14.8. The summed E-state index contributed by atoms with van der Waals surface area (Å²) in [6.07, 6.45) is 8.69. The van der Waals surface area contributed by atoms with Gasteiger partial charge in [0.2, 0.25) is 0 Å². The average molecular weight is 413 g/mol. The van der Waals surface area contributed by atoms with E-state index in [-0.39, 0.29) is 11.0 Å². The Morgan fingerprint density at radius 2 is 1.93 bits per heavy atom. The molecule has 2 fully saturated rings. The van der Waals surface area contributed by atoms with Gasteiger partial charge in [-0.05, 0) is 95.0 Å². The summed E-state index contributed by atoms with van der Waals surface area (Å²) in [4.78, 5) is 12.5. The zero-order valence-electron chi connectivity index (χ0n) is 19.6. The maximum absolute atomic E-state index is 12.5. The maximum Gasteiger partial charge on any atom is 0.184 e. The van der Waals surface area contributed by atoms with Gasteiger partial charge < -0.3 is 4.43 Å². The molecule has 0 aliphatic heterocycles. The quantitative estimate of drug-likeness (QED) is 0.370. The van der Waals surface area contributed by atoms with Gasteiger partial charge in [0.15, 0.2) is 8.32 Å². The second-order valence-electron chi connectivity index (χ2n) is 11.0. The summed E-state index contributed by atoms with van der Waals surface area (Å²) in [6, 6.07) is 8.74. The van der Waals surface area contributed by atoms with Gasteiger partial charge in [-0.2, -0.15) is 0 Å². The first-order valence-electron chi connectivity index (χ1n) is 11.4. The van der Waals surface area contributed by atoms with Gasteiger partial charge in [0.25, 0.3) is 0 Å². The second kappa shape index (κ2) is 8.15. The smallest absolute Gasteiger partial charge is 0.184 e. The maximum atomic E-state index is 12.5. The number of allylic oxidation sites excluding steroid dienone is 2. The molecule has 0 aromatic heterocycles. The van der Waals surface area contributed by atoms with E-state index in [0.29, 0.717) is 17.6 Å². The van der Waals surface area contributed by atoms with Gasteiger partial charge >= 0.3 is 0 Å². The van der Waals surface area contributed by atoms with Crippen LogP contribution in [0.1, 0.15) is 70.9 Å². The third kappa shape index (κ3) is 4.77. The highest BCUT2D eigenvalue weighted by atomic mass is 28.4. The van der Waals surface area contributed by atoms with E-state index in [1.807, 2.05) is 0 Å². The molecule has 0 N–H and O–H groups in total. The Labute approximate surface area is 179 Å². The summed E-state index contributed by atoms with van der Waals surface area (Å²) in [5, 5.41) is 0. The molecule has 0 amide bonds. The lowest BCUT2D eigenvalue weighted by molar-refractivity contribution is -0.129. The average Bonchev–Trinajstić information content (AvgIpc) is 2.96. The van der Waals surface area contributed by atoms with Gasteiger partial charge in [-0.1, -0.05) is 42.8 Å². The Balaban J connectivity index is 1.81. The summed E-state index contributed by atoms with van der Waals surface area (Å²) >= 11 is 0. The predicted octanol–water partition coefficient (Wildman–Crippen LogP) is 7.05. The molecule has 2 saturated carbocycles. The van der Waals surface area contributed by atoms with Crippen LogP contribution in [0.25, 0.3) is 0 Å². The minimum Gasteiger partial charge on any atom is -0.409 e. The van der Waals surface area contributed by atoms with Crippen molar-refractivity contribution in [1.82, 2.24) is 0 Å². The fraction of sp³-hybridized carbons (Fsp3) is 0.654. The third-order valence-electron chi connectivity index (χ3n) is 7.28. The van der Waals surface area contributed by atoms with E-state index in [1.54, 1.807) is 0 Å². The summed E-state index contributed by atoms with van der Waals surface area (Å²) in [7, 11) is -1.65. The van der Waals surface area contributed by atoms with E-state index in [4.69, 9.17) is 4.43 Å². The number of hydrogen-bond acceptors (Lipinski definition) is 2. The molecule has 1 aromatic rings. The Morgan fingerprint density at radius 3 is 2.62 bits per heavy atom. The van der Waals surface area contributed by atoms with Gasteiger partial charge in [-0.15, -0.1) is 0 Å². The molecule has 3 heteroatoms. The van der Waals surface area contributed by atoms with E-state index >= 15 is 0 Å². The van der Waals surface area contributed by atoms with Crippen LogP contribution < -0.4 is 0 Å². The molecule has 0 bridgehead atoms. The van der Waals surface area contributed by atoms with Crippen molar-refractivity contribution in [2.45, 2.75) is 91.5 Å². The fourth-order valence-electron chi connectivity index (χ4n) is 6.20. The molecule has 1 aromatic carbocycles. The molecule has 0 radical (unpaired) electrons. The van der Waals surface area contributed by atoms with Gasteiger partial charge in [-0.3, -0.25) is 4.79 Å². The molecular weight excluding hydrogens is 372 g/mol. The van der Waals surface area contributed by atoms with Gasteiger partial charge in [0.1, 0.15) is 5.78 Å². The Hall–Kier alpha value is -1.19. The zero-order chi connectivity index (χ0) is 21.4. The third-order valence-corrected chi connectivity index (χ3v) is 8.41. The van der Waals surface area contributed by atoms with Crippen molar-refractivity contribution in [3.63, 3.8) is 0 Å². The molecule has 160 valence electrons. The predicted molar refractivity (Wildman–Crippen MR) is 125 cm³/mol. The van der Waals surface area contributed by atoms with Crippen LogP contribution in [0.2, 0.25) is 19.6 Å². The van der Waals surface area contributed by atoms with E-state index in [0.717, 1.165) is 25.7 Å². The highest BCUT2D eigenvalue weighted by Gasteiger charge is 2.51. The molecular formula is C26H40O2Si. The lowest BCUT2D eigenvalue weighted by Crippen LogP contribution is -2.37. The van der Waals surface area contributed by atoms with Crippen LogP contribution in [0.5, 0.6) is 0 Å². The highest BCUT2D eigenvalue weighted by molar-refractivity contribution is 6.69. The minimum atomic E-state index is -1.65. The second-order valence-corrected chi connectivity index (χ2v) is 15.5. The van der Waals surface area contributed by atoms with Crippen LogP contribution >= 0.6 is 0 Å². The molecule has 3 rings (SSSR count). The Morgan fingerprint density at radius 1 is 1.24 bits per heavy atom. The minimum absolute atomic E-state index is 0.176. The topological polar surface area (TPSA) is 26.3 Å².